The molecule has 1 aliphatic carbocycles. The Labute approximate surface area is 269 Å². The monoisotopic (exact) mass is 625 g/mol. The molecule has 1 fully saturated rings. The summed E-state index contributed by atoms with van der Waals surface area (Å²) in [5.74, 6) is -3.45. The highest BCUT2D eigenvalue weighted by Crippen LogP contribution is 2.50. The van der Waals surface area contributed by atoms with E-state index >= 15 is 0 Å². The highest BCUT2D eigenvalue weighted by Gasteiger charge is 2.53. The maximum Gasteiger partial charge on any atom is 0.336 e. The largest absolute Gasteiger partial charge is 0.496 e. The molecule has 1 unspecified atom stereocenters. The van der Waals surface area contributed by atoms with Gasteiger partial charge in [0.1, 0.15) is 18.3 Å². The Bertz CT molecular complexity index is 1660. The van der Waals surface area contributed by atoms with Gasteiger partial charge in [0.15, 0.2) is 17.3 Å². The molecule has 5 rings (SSSR count). The molecule has 9 heteroatoms. The standard InChI is InChI=1S/C37H39NO8/c1-6-44-36(40)31-22(3)38-27-20-26(25-15-11-12-16-28(25)42-4)33(37(41)45-7-2)35(39)34(27)32(31)24-17-18-29(30(19-24)43-5)46-21-23-13-9-8-10-14-23/h8-19,26,32-34H,6-7,20-21H2,1-5H3/t26-,32+,33-,34?/m0/s1. The van der Waals surface area contributed by atoms with Crippen molar-refractivity contribution in [2.45, 2.75) is 45.6 Å². The predicted octanol–water partition coefficient (Wildman–Crippen LogP) is 6.21. The summed E-state index contributed by atoms with van der Waals surface area (Å²) >= 11 is 0. The molecule has 1 aliphatic heterocycles. The topological polar surface area (TPSA) is 110 Å². The van der Waals surface area contributed by atoms with Crippen molar-refractivity contribution in [3.8, 4) is 17.2 Å². The normalized spacial score (nSPS) is 20.7. The van der Waals surface area contributed by atoms with Gasteiger partial charge < -0.3 is 23.7 Å². The van der Waals surface area contributed by atoms with Crippen molar-refractivity contribution in [1.82, 2.24) is 0 Å². The third-order valence-corrected chi connectivity index (χ3v) is 8.51. The van der Waals surface area contributed by atoms with Gasteiger partial charge in [-0.25, -0.2) is 4.79 Å². The second-order valence-electron chi connectivity index (χ2n) is 11.1. The fraction of sp³-hybridized carbons (Fsp3) is 0.351. The number of esters is 2. The number of ether oxygens (including phenoxy) is 5. The zero-order valence-electron chi connectivity index (χ0n) is 26.8. The van der Waals surface area contributed by atoms with Crippen molar-refractivity contribution >= 4 is 23.4 Å². The van der Waals surface area contributed by atoms with Crippen molar-refractivity contribution in [3.05, 3.63) is 101 Å². The van der Waals surface area contributed by atoms with E-state index < -0.39 is 35.6 Å². The van der Waals surface area contributed by atoms with E-state index in [1.807, 2.05) is 54.6 Å². The number of nitrogens with zero attached hydrogens (tertiary/aromatic N) is 1. The van der Waals surface area contributed by atoms with Crippen LogP contribution in [-0.4, -0.2) is 50.9 Å². The molecule has 0 saturated heterocycles. The first-order valence-corrected chi connectivity index (χ1v) is 15.5. The van der Waals surface area contributed by atoms with Gasteiger partial charge in [0.05, 0.1) is 38.9 Å². The van der Waals surface area contributed by atoms with Crippen LogP contribution < -0.4 is 14.2 Å². The summed E-state index contributed by atoms with van der Waals surface area (Å²) < 4.78 is 28.4. The number of allylic oxidation sites excluding steroid dienone is 1. The maximum atomic E-state index is 14.7. The molecule has 0 radical (unpaired) electrons. The summed E-state index contributed by atoms with van der Waals surface area (Å²) in [7, 11) is 3.09. The zero-order valence-corrected chi connectivity index (χ0v) is 26.8. The van der Waals surface area contributed by atoms with E-state index in [0.717, 1.165) is 5.56 Å². The molecule has 3 aromatic rings. The Morgan fingerprint density at radius 3 is 2.22 bits per heavy atom. The van der Waals surface area contributed by atoms with Gasteiger partial charge in [0.25, 0.3) is 0 Å². The van der Waals surface area contributed by atoms with Crippen LogP contribution in [0.2, 0.25) is 0 Å². The number of benzene rings is 3. The van der Waals surface area contributed by atoms with E-state index in [-0.39, 0.29) is 24.6 Å². The lowest BCUT2D eigenvalue weighted by Gasteiger charge is -2.41. The number of para-hydroxylation sites is 1. The van der Waals surface area contributed by atoms with Gasteiger partial charge in [0, 0.05) is 23.2 Å². The second-order valence-corrected chi connectivity index (χ2v) is 11.1. The number of hydrogen-bond acceptors (Lipinski definition) is 9. The van der Waals surface area contributed by atoms with E-state index in [4.69, 9.17) is 28.7 Å². The van der Waals surface area contributed by atoms with Crippen LogP contribution in [0.15, 0.2) is 89.1 Å². The van der Waals surface area contributed by atoms with Gasteiger partial charge in [-0.05, 0) is 62.1 Å². The summed E-state index contributed by atoms with van der Waals surface area (Å²) in [4.78, 5) is 46.6. The van der Waals surface area contributed by atoms with Gasteiger partial charge in [-0.3, -0.25) is 14.6 Å². The first-order valence-electron chi connectivity index (χ1n) is 15.5. The SMILES string of the molecule is CCOC(=O)C1=C(C)N=C2C[C@@H](c3ccccc3OC)[C@H](C(=O)OCC)C(=O)C2[C@@H]1c1ccc(OCc2ccccc2)c(OC)c1. The number of rotatable bonds is 11. The smallest absolute Gasteiger partial charge is 0.336 e. The summed E-state index contributed by atoms with van der Waals surface area (Å²) in [6.45, 7) is 5.77. The van der Waals surface area contributed by atoms with Crippen LogP contribution in [0.3, 0.4) is 0 Å². The summed E-state index contributed by atoms with van der Waals surface area (Å²) in [6.07, 6.45) is 0.291. The molecule has 0 N–H and O–H groups in total. The first kappa shape index (κ1) is 32.5. The third-order valence-electron chi connectivity index (χ3n) is 8.51. The van der Waals surface area contributed by atoms with Crippen LogP contribution in [0.25, 0.3) is 0 Å². The molecule has 1 heterocycles. The van der Waals surface area contributed by atoms with Crippen LogP contribution in [-0.2, 0) is 30.5 Å². The Morgan fingerprint density at radius 2 is 1.52 bits per heavy atom. The summed E-state index contributed by atoms with van der Waals surface area (Å²) in [6, 6.07) is 22.5. The fourth-order valence-corrected chi connectivity index (χ4v) is 6.51. The molecule has 0 spiro atoms. The van der Waals surface area contributed by atoms with Crippen LogP contribution >= 0.6 is 0 Å². The third kappa shape index (κ3) is 6.40. The molecule has 3 aromatic carbocycles. The molecular weight excluding hydrogens is 586 g/mol. The van der Waals surface area contributed by atoms with E-state index in [1.54, 1.807) is 46.1 Å². The van der Waals surface area contributed by atoms with Crippen LogP contribution in [0, 0.1) is 11.8 Å². The number of methoxy groups -OCH3 is 2. The number of fused-ring (bicyclic) bond motifs is 1. The van der Waals surface area contributed by atoms with E-state index in [1.165, 1.54) is 7.11 Å². The molecule has 240 valence electrons. The van der Waals surface area contributed by atoms with E-state index in [9.17, 15) is 14.4 Å². The van der Waals surface area contributed by atoms with Crippen LogP contribution in [0.4, 0.5) is 0 Å². The molecular formula is C37H39NO8. The highest BCUT2D eigenvalue weighted by molar-refractivity contribution is 6.18. The van der Waals surface area contributed by atoms with E-state index in [0.29, 0.717) is 52.8 Å². The quantitative estimate of drug-likeness (QED) is 0.183. The van der Waals surface area contributed by atoms with Crippen molar-refractivity contribution in [2.24, 2.45) is 16.8 Å². The molecule has 2 aliphatic rings. The lowest BCUT2D eigenvalue weighted by molar-refractivity contribution is -0.153. The Morgan fingerprint density at radius 1 is 0.826 bits per heavy atom. The van der Waals surface area contributed by atoms with Crippen LogP contribution in [0.1, 0.15) is 55.7 Å². The van der Waals surface area contributed by atoms with Gasteiger partial charge in [-0.15, -0.1) is 0 Å². The average Bonchev–Trinajstić information content (AvgIpc) is 3.07. The molecule has 9 nitrogen and oxygen atoms in total. The number of ketones is 1. The zero-order chi connectivity index (χ0) is 32.8. The van der Waals surface area contributed by atoms with Crippen molar-refractivity contribution in [3.63, 3.8) is 0 Å². The minimum atomic E-state index is -1.14. The van der Waals surface area contributed by atoms with Gasteiger partial charge in [0.2, 0.25) is 0 Å². The highest BCUT2D eigenvalue weighted by atomic mass is 16.5. The number of carbonyl (C=O) groups excluding carboxylic acids is 3. The minimum absolute atomic E-state index is 0.116. The average molecular weight is 626 g/mol. The second kappa shape index (κ2) is 14.5. The van der Waals surface area contributed by atoms with Gasteiger partial charge >= 0.3 is 11.9 Å². The number of carbonyl (C=O) groups is 3. The van der Waals surface area contributed by atoms with Crippen molar-refractivity contribution in [1.29, 1.82) is 0 Å². The summed E-state index contributed by atoms with van der Waals surface area (Å²) in [5, 5.41) is 0. The molecule has 0 aromatic heterocycles. The fourth-order valence-electron chi connectivity index (χ4n) is 6.51. The van der Waals surface area contributed by atoms with Gasteiger partial charge in [-0.1, -0.05) is 54.6 Å². The maximum absolute atomic E-state index is 14.7. The molecule has 0 amide bonds. The van der Waals surface area contributed by atoms with E-state index in [2.05, 4.69) is 0 Å². The molecule has 4 atom stereocenters. The number of aliphatic imine (C=N–C) groups is 1. The minimum Gasteiger partial charge on any atom is -0.496 e. The molecule has 46 heavy (non-hydrogen) atoms. The lowest BCUT2D eigenvalue weighted by atomic mass is 9.62. The summed E-state index contributed by atoms with van der Waals surface area (Å²) in [5.41, 5.74) is 3.65. The molecule has 1 saturated carbocycles. The lowest BCUT2D eigenvalue weighted by Crippen LogP contribution is -2.48. The Hall–Kier alpha value is -4.92. The Balaban J connectivity index is 1.61. The number of hydrogen-bond donors (Lipinski definition) is 0. The van der Waals surface area contributed by atoms with Gasteiger partial charge in [-0.2, -0.15) is 0 Å². The number of Topliss-reactive ketones (excluding diaryl/α,β-unsaturated/α-hetero) is 1. The van der Waals surface area contributed by atoms with Crippen molar-refractivity contribution in [2.75, 3.05) is 27.4 Å². The Kier molecular flexibility index (Phi) is 10.2. The predicted molar refractivity (Wildman–Crippen MR) is 172 cm³/mol. The molecule has 0 bridgehead atoms. The van der Waals surface area contributed by atoms with Crippen LogP contribution in [0.5, 0.6) is 17.2 Å². The van der Waals surface area contributed by atoms with Crippen molar-refractivity contribution < 1.29 is 38.1 Å². The first-order chi connectivity index (χ1) is 22.3.